The maximum Gasteiger partial charge on any atom is 0.120 e. The Hall–Kier alpha value is -0.770. The minimum absolute atomic E-state index is 0.172. The highest BCUT2D eigenvalue weighted by Crippen LogP contribution is 2.29. The van der Waals surface area contributed by atoms with Gasteiger partial charge in [-0.3, -0.25) is 0 Å². The van der Waals surface area contributed by atoms with Gasteiger partial charge in [-0.25, -0.2) is 0 Å². The molecule has 4 heteroatoms. The molecule has 0 spiro atoms. The monoisotopic (exact) mass is 243 g/mol. The van der Waals surface area contributed by atoms with Crippen molar-refractivity contribution in [2.75, 3.05) is 20.8 Å². The number of hydrogen-bond donors (Lipinski definition) is 2. The second-order valence-electron chi connectivity index (χ2n) is 3.59. The first-order valence-corrected chi connectivity index (χ1v) is 5.72. The van der Waals surface area contributed by atoms with Crippen molar-refractivity contribution < 1.29 is 9.84 Å². The van der Waals surface area contributed by atoms with Crippen LogP contribution in [0.4, 0.5) is 0 Å². The van der Waals surface area contributed by atoms with Gasteiger partial charge in [0.25, 0.3) is 0 Å². The maximum atomic E-state index is 8.83. The van der Waals surface area contributed by atoms with Crippen molar-refractivity contribution in [1.29, 1.82) is 0 Å². The van der Waals surface area contributed by atoms with E-state index in [-0.39, 0.29) is 12.6 Å². The second kappa shape index (κ2) is 6.74. The molecule has 0 aliphatic rings. The molecule has 1 aromatic rings. The van der Waals surface area contributed by atoms with Gasteiger partial charge in [-0.2, -0.15) is 0 Å². The minimum Gasteiger partial charge on any atom is -0.497 e. The van der Waals surface area contributed by atoms with Gasteiger partial charge < -0.3 is 15.2 Å². The molecule has 0 fully saturated rings. The van der Waals surface area contributed by atoms with Gasteiger partial charge in [0.2, 0.25) is 0 Å². The first kappa shape index (κ1) is 13.3. The molecule has 1 atom stereocenters. The molecule has 0 aromatic heterocycles. The molecule has 1 aromatic carbocycles. The number of ether oxygens (including phenoxy) is 1. The highest BCUT2D eigenvalue weighted by atomic mass is 35.5. The Kier molecular flexibility index (Phi) is 5.60. The minimum atomic E-state index is 0.172. The van der Waals surface area contributed by atoms with Crippen LogP contribution in [0.3, 0.4) is 0 Å². The van der Waals surface area contributed by atoms with Crippen LogP contribution in [0.2, 0.25) is 5.02 Å². The highest BCUT2D eigenvalue weighted by molar-refractivity contribution is 6.31. The normalized spacial score (nSPS) is 12.5. The fourth-order valence-corrected chi connectivity index (χ4v) is 1.97. The zero-order valence-electron chi connectivity index (χ0n) is 9.66. The molecular formula is C12H18ClNO2. The summed E-state index contributed by atoms with van der Waals surface area (Å²) < 4.78 is 5.10. The summed E-state index contributed by atoms with van der Waals surface area (Å²) in [4.78, 5) is 0. The van der Waals surface area contributed by atoms with Crippen molar-refractivity contribution >= 4 is 11.6 Å². The third kappa shape index (κ3) is 3.37. The van der Waals surface area contributed by atoms with Gasteiger partial charge in [0, 0.05) is 17.7 Å². The van der Waals surface area contributed by atoms with Crippen LogP contribution in [0.25, 0.3) is 0 Å². The standard InChI is InChI=1S/C12H18ClNO2/c1-14-12(4-3-7-15)10-6-5-9(16-2)8-11(10)13/h5-6,8,12,14-15H,3-4,7H2,1-2H3. The molecule has 90 valence electrons. The fraction of sp³-hybridized carbons (Fsp3) is 0.500. The van der Waals surface area contributed by atoms with E-state index in [2.05, 4.69) is 5.32 Å². The van der Waals surface area contributed by atoms with Crippen LogP contribution in [0.1, 0.15) is 24.4 Å². The van der Waals surface area contributed by atoms with Gasteiger partial charge in [0.05, 0.1) is 7.11 Å². The molecule has 0 aliphatic carbocycles. The number of aliphatic hydroxyl groups excluding tert-OH is 1. The quantitative estimate of drug-likeness (QED) is 0.806. The average molecular weight is 244 g/mol. The molecule has 0 heterocycles. The SMILES string of the molecule is CNC(CCCO)c1ccc(OC)cc1Cl. The molecule has 0 saturated carbocycles. The maximum absolute atomic E-state index is 8.83. The summed E-state index contributed by atoms with van der Waals surface area (Å²) in [5.41, 5.74) is 1.04. The lowest BCUT2D eigenvalue weighted by atomic mass is 10.0. The van der Waals surface area contributed by atoms with Crippen molar-refractivity contribution in [2.24, 2.45) is 0 Å². The van der Waals surface area contributed by atoms with E-state index in [1.807, 2.05) is 19.2 Å². The summed E-state index contributed by atoms with van der Waals surface area (Å²) in [6, 6.07) is 5.83. The Labute approximate surface area is 101 Å². The molecule has 0 saturated heterocycles. The lowest BCUT2D eigenvalue weighted by Crippen LogP contribution is -2.17. The summed E-state index contributed by atoms with van der Waals surface area (Å²) in [5, 5.41) is 12.7. The molecule has 0 bridgehead atoms. The molecular weight excluding hydrogens is 226 g/mol. The van der Waals surface area contributed by atoms with Crippen molar-refractivity contribution in [3.05, 3.63) is 28.8 Å². The predicted molar refractivity (Wildman–Crippen MR) is 66.1 cm³/mol. The molecule has 16 heavy (non-hydrogen) atoms. The summed E-state index contributed by atoms with van der Waals surface area (Å²) in [7, 11) is 3.51. The topological polar surface area (TPSA) is 41.5 Å². The van der Waals surface area contributed by atoms with E-state index in [1.165, 1.54) is 0 Å². The van der Waals surface area contributed by atoms with Gasteiger partial charge in [-0.15, -0.1) is 0 Å². The van der Waals surface area contributed by atoms with Crippen molar-refractivity contribution in [1.82, 2.24) is 5.32 Å². The van der Waals surface area contributed by atoms with Gasteiger partial charge in [0.1, 0.15) is 5.75 Å². The predicted octanol–water partition coefficient (Wildman–Crippen LogP) is 2.38. The van der Waals surface area contributed by atoms with E-state index in [0.717, 1.165) is 24.2 Å². The van der Waals surface area contributed by atoms with E-state index in [4.69, 9.17) is 21.4 Å². The fourth-order valence-electron chi connectivity index (χ4n) is 1.67. The lowest BCUT2D eigenvalue weighted by molar-refractivity contribution is 0.276. The molecule has 0 radical (unpaired) electrons. The highest BCUT2D eigenvalue weighted by Gasteiger charge is 2.12. The zero-order chi connectivity index (χ0) is 12.0. The lowest BCUT2D eigenvalue weighted by Gasteiger charge is -2.18. The van der Waals surface area contributed by atoms with Crippen molar-refractivity contribution in [3.63, 3.8) is 0 Å². The Bertz CT molecular complexity index is 331. The smallest absolute Gasteiger partial charge is 0.120 e. The molecule has 0 aliphatic heterocycles. The van der Waals surface area contributed by atoms with E-state index in [1.54, 1.807) is 13.2 Å². The van der Waals surface area contributed by atoms with Gasteiger partial charge >= 0.3 is 0 Å². The summed E-state index contributed by atoms with van der Waals surface area (Å²) in [5.74, 6) is 0.755. The molecule has 1 unspecified atom stereocenters. The molecule has 3 nitrogen and oxygen atoms in total. The Balaban J connectivity index is 2.83. The van der Waals surface area contributed by atoms with Crippen LogP contribution < -0.4 is 10.1 Å². The van der Waals surface area contributed by atoms with Crippen LogP contribution in [-0.2, 0) is 0 Å². The number of methoxy groups -OCH3 is 1. The number of benzene rings is 1. The molecule has 0 amide bonds. The van der Waals surface area contributed by atoms with E-state index < -0.39 is 0 Å². The Morgan fingerprint density at radius 3 is 2.75 bits per heavy atom. The van der Waals surface area contributed by atoms with Crippen molar-refractivity contribution in [2.45, 2.75) is 18.9 Å². The largest absolute Gasteiger partial charge is 0.497 e. The third-order valence-electron chi connectivity index (χ3n) is 2.58. The van der Waals surface area contributed by atoms with Crippen LogP contribution in [0.5, 0.6) is 5.75 Å². The number of aliphatic hydroxyl groups is 1. The van der Waals surface area contributed by atoms with Gasteiger partial charge in [-0.1, -0.05) is 17.7 Å². The second-order valence-corrected chi connectivity index (χ2v) is 4.00. The number of nitrogens with one attached hydrogen (secondary N) is 1. The van der Waals surface area contributed by atoms with Gasteiger partial charge in [0.15, 0.2) is 0 Å². The van der Waals surface area contributed by atoms with Crippen LogP contribution >= 0.6 is 11.6 Å². The van der Waals surface area contributed by atoms with Crippen molar-refractivity contribution in [3.8, 4) is 5.75 Å². The van der Waals surface area contributed by atoms with Gasteiger partial charge in [-0.05, 0) is 37.6 Å². The Morgan fingerprint density at radius 2 is 2.25 bits per heavy atom. The van der Waals surface area contributed by atoms with Crippen LogP contribution in [0.15, 0.2) is 18.2 Å². The molecule has 1 rings (SSSR count). The van der Waals surface area contributed by atoms with E-state index in [9.17, 15) is 0 Å². The number of halogens is 1. The first-order chi connectivity index (χ1) is 7.72. The third-order valence-corrected chi connectivity index (χ3v) is 2.91. The summed E-state index contributed by atoms with van der Waals surface area (Å²) >= 11 is 6.18. The zero-order valence-corrected chi connectivity index (χ0v) is 10.4. The molecule has 2 N–H and O–H groups in total. The van der Waals surface area contributed by atoms with E-state index >= 15 is 0 Å². The number of rotatable bonds is 6. The first-order valence-electron chi connectivity index (χ1n) is 5.34. The number of hydrogen-bond acceptors (Lipinski definition) is 3. The average Bonchev–Trinajstić information content (AvgIpc) is 2.31. The summed E-state index contributed by atoms with van der Waals surface area (Å²) in [6.07, 6.45) is 1.62. The Morgan fingerprint density at radius 1 is 1.50 bits per heavy atom. The van der Waals surface area contributed by atoms with E-state index in [0.29, 0.717) is 5.02 Å². The van der Waals surface area contributed by atoms with Crippen LogP contribution in [-0.4, -0.2) is 25.9 Å². The van der Waals surface area contributed by atoms with Crippen LogP contribution in [0, 0.1) is 0 Å². The summed E-state index contributed by atoms with van der Waals surface area (Å²) in [6.45, 7) is 0.200.